The van der Waals surface area contributed by atoms with E-state index in [1.54, 1.807) is 0 Å². The van der Waals surface area contributed by atoms with Crippen LogP contribution in [0.2, 0.25) is 0 Å². The monoisotopic (exact) mass is 104 g/mol. The summed E-state index contributed by atoms with van der Waals surface area (Å²) in [6, 6.07) is -0.226. The molecule has 0 aromatic heterocycles. The number of nitrogens with zero attached hydrogens (tertiary/aromatic N) is 1. The summed E-state index contributed by atoms with van der Waals surface area (Å²) in [7, 11) is -1.81. The van der Waals surface area contributed by atoms with Crippen LogP contribution in [0, 0.1) is 5.41 Å². The van der Waals surface area contributed by atoms with Crippen molar-refractivity contribution in [1.82, 2.24) is 0 Å². The third-order valence-electron chi connectivity index (χ3n) is 0.337. The highest BCUT2D eigenvalue weighted by atomic mass is 31.1. The van der Waals surface area contributed by atoms with Gasteiger partial charge in [-0.05, 0) is 0 Å². The van der Waals surface area contributed by atoms with Gasteiger partial charge in [-0.1, -0.05) is 0 Å². The highest BCUT2D eigenvalue weighted by molar-refractivity contribution is 7.36. The average molecular weight is 104 g/mol. The van der Waals surface area contributed by atoms with Gasteiger partial charge in [0.15, 0.2) is 0 Å². The normalized spacial score (nSPS) is 24.2. The van der Waals surface area contributed by atoms with Crippen molar-refractivity contribution in [3.05, 3.63) is 0 Å². The lowest BCUT2D eigenvalue weighted by Gasteiger charge is -1.97. The predicted molar refractivity (Wildman–Crippen MR) is 18.2 cm³/mol. The fourth-order valence-corrected chi connectivity index (χ4v) is 0.462. The maximum atomic E-state index is 9.73. The molecule has 1 heterocycles. The van der Waals surface area contributed by atoms with Gasteiger partial charge < -0.3 is 4.89 Å². The molecule has 0 fully saturated rings. The van der Waals surface area contributed by atoms with E-state index in [1.165, 1.54) is 0 Å². The Morgan fingerprint density at radius 2 is 2.50 bits per heavy atom. The van der Waals surface area contributed by atoms with E-state index in [0.717, 1.165) is 0 Å². The first kappa shape index (κ1) is 3.71. The van der Waals surface area contributed by atoms with Crippen LogP contribution in [0.4, 0.5) is 0 Å². The Kier molecular flexibility index (Phi) is 0.616. The van der Waals surface area contributed by atoms with Crippen LogP contribution in [0.1, 0.15) is 0 Å². The van der Waals surface area contributed by atoms with Gasteiger partial charge in [0.2, 0.25) is 0 Å². The summed E-state index contributed by atoms with van der Waals surface area (Å²) in [4.78, 5) is 9.73. The summed E-state index contributed by atoms with van der Waals surface area (Å²) in [6.07, 6.45) is 0. The van der Waals surface area contributed by atoms with Crippen LogP contribution in [0.3, 0.4) is 0 Å². The zero-order chi connectivity index (χ0) is 4.57. The van der Waals surface area contributed by atoms with Crippen molar-refractivity contribution in [3.8, 4) is 0 Å². The second kappa shape index (κ2) is 0.996. The molecule has 32 valence electrons. The minimum atomic E-state index is -1.81. The molecule has 0 aliphatic carbocycles. The van der Waals surface area contributed by atoms with Gasteiger partial charge in [-0.25, -0.2) is 9.93 Å². The lowest BCUT2D eigenvalue weighted by atomic mass is 11.2. The third-order valence-corrected chi connectivity index (χ3v) is 1.01. The highest BCUT2D eigenvalue weighted by Gasteiger charge is 2.20. The van der Waals surface area contributed by atoms with E-state index in [9.17, 15) is 4.89 Å². The van der Waals surface area contributed by atoms with Crippen LogP contribution < -0.4 is 4.89 Å². The molecule has 0 amide bonds. The molecule has 4 nitrogen and oxygen atoms in total. The number of rotatable bonds is 0. The van der Waals surface area contributed by atoms with Gasteiger partial charge in [0, 0.05) is 4.74 Å². The van der Waals surface area contributed by atoms with Crippen molar-refractivity contribution < 1.29 is 9.42 Å². The van der Waals surface area contributed by atoms with E-state index in [4.69, 9.17) is 5.41 Å². The molecule has 1 N–H and O–H groups in total. The van der Waals surface area contributed by atoms with Crippen molar-refractivity contribution in [2.45, 2.75) is 0 Å². The summed E-state index contributed by atoms with van der Waals surface area (Å²) >= 11 is 0. The molecule has 0 spiro atoms. The summed E-state index contributed by atoms with van der Waals surface area (Å²) in [5.74, 6) is 0. The van der Waals surface area contributed by atoms with Crippen molar-refractivity contribution in [2.24, 2.45) is 4.74 Å². The van der Waals surface area contributed by atoms with Crippen LogP contribution in [0.15, 0.2) is 4.74 Å². The summed E-state index contributed by atoms with van der Waals surface area (Å²) in [5, 5.41) is 6.39. The van der Waals surface area contributed by atoms with Gasteiger partial charge >= 0.3 is 14.2 Å². The average Bonchev–Trinajstić information content (AvgIpc) is 1.33. The summed E-state index contributed by atoms with van der Waals surface area (Å²) < 4.78 is 7.16. The van der Waals surface area contributed by atoms with E-state index in [2.05, 4.69) is 9.27 Å². The molecule has 0 saturated heterocycles. The van der Waals surface area contributed by atoms with Gasteiger partial charge in [-0.2, -0.15) is 0 Å². The van der Waals surface area contributed by atoms with Crippen molar-refractivity contribution in [2.75, 3.05) is 0 Å². The van der Waals surface area contributed by atoms with Crippen molar-refractivity contribution in [3.63, 3.8) is 0 Å². The van der Waals surface area contributed by atoms with Crippen molar-refractivity contribution in [1.29, 1.82) is 5.41 Å². The number of hydrogen-bond acceptors (Lipinski definition) is 3. The standard InChI is InChI=1S/CHN2O2P/c2-1-3-6(4)5-1/h2H. The van der Waals surface area contributed by atoms with Gasteiger partial charge in [-0.15, -0.1) is 0 Å². The van der Waals surface area contributed by atoms with E-state index < -0.39 is 8.17 Å². The lowest BCUT2D eigenvalue weighted by molar-refractivity contribution is -0.172. The van der Waals surface area contributed by atoms with Crippen LogP contribution >= 0.6 is 8.17 Å². The van der Waals surface area contributed by atoms with E-state index >= 15 is 0 Å². The van der Waals surface area contributed by atoms with E-state index in [1.807, 2.05) is 0 Å². The molecule has 0 bridgehead atoms. The van der Waals surface area contributed by atoms with Crippen LogP contribution in [-0.4, -0.2) is 6.02 Å². The Morgan fingerprint density at radius 1 is 2.00 bits per heavy atom. The Hall–Kier alpha value is -0.470. The predicted octanol–water partition coefficient (Wildman–Crippen LogP) is -0.193. The zero-order valence-electron chi connectivity index (χ0n) is 2.71. The van der Waals surface area contributed by atoms with Gasteiger partial charge in [0.1, 0.15) is 0 Å². The summed E-state index contributed by atoms with van der Waals surface area (Å²) in [5.41, 5.74) is 0. The Balaban J connectivity index is 2.68. The van der Waals surface area contributed by atoms with Gasteiger partial charge in [0.05, 0.1) is 0 Å². The second-order valence-corrected chi connectivity index (χ2v) is 1.59. The molecule has 5 heteroatoms. The Labute approximate surface area is 34.9 Å². The number of nitrogens with one attached hydrogen (secondary N) is 1. The van der Waals surface area contributed by atoms with Crippen LogP contribution in [-0.2, 0) is 4.52 Å². The molecule has 1 unspecified atom stereocenters. The smallest absolute Gasteiger partial charge is 0.410 e. The largest absolute Gasteiger partial charge is 0.575 e. The van der Waals surface area contributed by atoms with E-state index in [0.29, 0.717) is 0 Å². The molecular weight excluding hydrogens is 103 g/mol. The first-order chi connectivity index (χ1) is 2.79. The van der Waals surface area contributed by atoms with Gasteiger partial charge in [0.25, 0.3) is 0 Å². The molecule has 0 aromatic rings. The maximum absolute atomic E-state index is 9.73. The molecule has 1 aliphatic rings. The van der Waals surface area contributed by atoms with Crippen LogP contribution in [0.25, 0.3) is 0 Å². The minimum absolute atomic E-state index is 0.226. The SMILES string of the molecule is N=C1N=[P+]([O-])O1. The maximum Gasteiger partial charge on any atom is 0.410 e. The quantitative estimate of drug-likeness (QED) is 0.432. The molecule has 1 atom stereocenters. The molecule has 1 rings (SSSR count). The fourth-order valence-electron chi connectivity index (χ4n) is 0.154. The molecule has 0 radical (unpaired) electrons. The van der Waals surface area contributed by atoms with Gasteiger partial charge in [-0.3, -0.25) is 0 Å². The molecular formula is CHN2O2P. The number of hydrogen-bond donors (Lipinski definition) is 1. The molecule has 6 heavy (non-hydrogen) atoms. The topological polar surface area (TPSA) is 68.5 Å². The zero-order valence-corrected chi connectivity index (χ0v) is 3.61. The third kappa shape index (κ3) is 0.398. The first-order valence-electron chi connectivity index (χ1n) is 1.24. The lowest BCUT2D eigenvalue weighted by Crippen LogP contribution is -2.07. The molecule has 0 aromatic carbocycles. The van der Waals surface area contributed by atoms with E-state index in [-0.39, 0.29) is 6.02 Å². The fraction of sp³-hybridized carbons (Fsp3) is 0. The molecule has 0 saturated carbocycles. The second-order valence-electron chi connectivity index (χ2n) is 0.734. The molecule has 1 aliphatic heterocycles. The number of amidine groups is 1. The Morgan fingerprint density at radius 3 is 2.50 bits per heavy atom. The summed E-state index contributed by atoms with van der Waals surface area (Å²) in [6.45, 7) is 0. The Bertz CT molecular complexity index is 119. The first-order valence-corrected chi connectivity index (χ1v) is 2.37. The van der Waals surface area contributed by atoms with Crippen molar-refractivity contribution >= 4 is 14.2 Å². The minimum Gasteiger partial charge on any atom is -0.575 e. The van der Waals surface area contributed by atoms with Crippen LogP contribution in [0.5, 0.6) is 0 Å². The highest BCUT2D eigenvalue weighted by Crippen LogP contribution is 2.26.